The van der Waals surface area contributed by atoms with Gasteiger partial charge in [0.15, 0.2) is 0 Å². The zero-order valence-electron chi connectivity index (χ0n) is 5.26. The average molecular weight is 120 g/mol. The highest BCUT2D eigenvalue weighted by atomic mass is 14.8. The summed E-state index contributed by atoms with van der Waals surface area (Å²) in [5, 5.41) is 11.4. The van der Waals surface area contributed by atoms with Gasteiger partial charge in [0.05, 0.1) is 12.0 Å². The maximum absolute atomic E-state index is 8.44. The van der Waals surface area contributed by atoms with Crippen LogP contribution in [-0.2, 0) is 0 Å². The molecule has 0 amide bonds. The summed E-state index contributed by atoms with van der Waals surface area (Å²) in [7, 11) is 0. The summed E-state index contributed by atoms with van der Waals surface area (Å²) in [6.45, 7) is 1.94. The fourth-order valence-corrected chi connectivity index (χ4v) is 0.737. The summed E-state index contributed by atoms with van der Waals surface area (Å²) in [6.07, 6.45) is 5.51. The Balaban J connectivity index is 2.69. The second-order valence-electron chi connectivity index (χ2n) is 2.01. The molecule has 0 saturated heterocycles. The molecule has 1 rings (SSSR count). The van der Waals surface area contributed by atoms with Crippen LogP contribution in [-0.4, -0.2) is 0 Å². The van der Waals surface area contributed by atoms with Crippen LogP contribution in [0.4, 0.5) is 0 Å². The first-order valence-corrected chi connectivity index (χ1v) is 2.84. The van der Waals surface area contributed by atoms with Crippen molar-refractivity contribution < 1.29 is 0 Å². The smallest absolute Gasteiger partial charge is 0.0860 e. The van der Waals surface area contributed by atoms with Crippen LogP contribution in [0.2, 0.25) is 0 Å². The van der Waals surface area contributed by atoms with Gasteiger partial charge in [-0.1, -0.05) is 0 Å². The van der Waals surface area contributed by atoms with E-state index in [4.69, 9.17) is 5.26 Å². The van der Waals surface area contributed by atoms with E-state index in [0.29, 0.717) is 0 Å². The highest BCUT2D eigenvalue weighted by Gasteiger charge is 2.01. The van der Waals surface area contributed by atoms with Crippen LogP contribution < -0.4 is 5.32 Å². The summed E-state index contributed by atoms with van der Waals surface area (Å²) < 4.78 is 0. The van der Waals surface area contributed by atoms with Gasteiger partial charge in [0.1, 0.15) is 0 Å². The number of nitrogens with one attached hydrogen (secondary N) is 1. The first-order chi connectivity index (χ1) is 4.33. The van der Waals surface area contributed by atoms with Gasteiger partial charge >= 0.3 is 0 Å². The van der Waals surface area contributed by atoms with Crippen molar-refractivity contribution in [3.05, 3.63) is 24.0 Å². The van der Waals surface area contributed by atoms with Crippen LogP contribution in [0.5, 0.6) is 0 Å². The fraction of sp³-hybridized carbons (Fsp3) is 0.286. The number of hydrogen-bond donors (Lipinski definition) is 1. The second kappa shape index (κ2) is 2.36. The van der Waals surface area contributed by atoms with Gasteiger partial charge < -0.3 is 5.32 Å². The Bertz CT molecular complexity index is 195. The third kappa shape index (κ3) is 1.33. The average Bonchev–Trinajstić information content (AvgIpc) is 1.88. The fourth-order valence-electron chi connectivity index (χ4n) is 0.737. The molecule has 46 valence electrons. The van der Waals surface area contributed by atoms with Crippen LogP contribution in [0.15, 0.2) is 24.0 Å². The van der Waals surface area contributed by atoms with Crippen molar-refractivity contribution in [1.29, 1.82) is 5.26 Å². The largest absolute Gasteiger partial charge is 0.366 e. The molecular weight excluding hydrogens is 112 g/mol. The normalized spacial score (nSPS) is 24.0. The van der Waals surface area contributed by atoms with Gasteiger partial charge in [-0.2, -0.15) is 5.26 Å². The van der Waals surface area contributed by atoms with E-state index in [0.717, 1.165) is 5.70 Å². The van der Waals surface area contributed by atoms with Gasteiger partial charge in [-0.3, -0.25) is 0 Å². The molecule has 1 aliphatic rings. The number of hydrogen-bond acceptors (Lipinski definition) is 2. The van der Waals surface area contributed by atoms with Crippen molar-refractivity contribution in [3.63, 3.8) is 0 Å². The minimum Gasteiger partial charge on any atom is -0.366 e. The van der Waals surface area contributed by atoms with Crippen molar-refractivity contribution >= 4 is 0 Å². The molecule has 1 atom stereocenters. The molecule has 1 aliphatic heterocycles. The molecule has 0 bridgehead atoms. The van der Waals surface area contributed by atoms with E-state index >= 15 is 0 Å². The van der Waals surface area contributed by atoms with Crippen molar-refractivity contribution in [2.45, 2.75) is 6.92 Å². The quantitative estimate of drug-likeness (QED) is 0.520. The summed E-state index contributed by atoms with van der Waals surface area (Å²) >= 11 is 0. The Kier molecular flexibility index (Phi) is 1.55. The van der Waals surface area contributed by atoms with E-state index in [-0.39, 0.29) is 5.92 Å². The summed E-state index contributed by atoms with van der Waals surface area (Å²) in [4.78, 5) is 0. The summed E-state index contributed by atoms with van der Waals surface area (Å²) in [5.41, 5.74) is 1.05. The lowest BCUT2D eigenvalue weighted by molar-refractivity contribution is 0.924. The molecule has 0 spiro atoms. The lowest BCUT2D eigenvalue weighted by Crippen LogP contribution is -2.08. The number of nitrogens with zero attached hydrogens (tertiary/aromatic N) is 1. The van der Waals surface area contributed by atoms with Crippen molar-refractivity contribution in [3.8, 4) is 6.07 Å². The molecule has 0 aromatic carbocycles. The van der Waals surface area contributed by atoms with E-state index in [1.807, 2.05) is 19.1 Å². The number of nitriles is 1. The topological polar surface area (TPSA) is 35.8 Å². The SMILES string of the molecule is CC1=CC(C#N)C=CN1. The predicted molar refractivity (Wildman–Crippen MR) is 35.1 cm³/mol. The second-order valence-corrected chi connectivity index (χ2v) is 2.01. The minimum absolute atomic E-state index is 0.0359. The molecule has 1 N–H and O–H groups in total. The lowest BCUT2D eigenvalue weighted by atomic mass is 10.1. The molecule has 1 heterocycles. The highest BCUT2D eigenvalue weighted by Crippen LogP contribution is 2.06. The zero-order valence-corrected chi connectivity index (χ0v) is 5.26. The van der Waals surface area contributed by atoms with Crippen molar-refractivity contribution in [1.82, 2.24) is 5.32 Å². The van der Waals surface area contributed by atoms with Gasteiger partial charge in [0.25, 0.3) is 0 Å². The van der Waals surface area contributed by atoms with E-state index in [9.17, 15) is 0 Å². The molecular formula is C7H8N2. The van der Waals surface area contributed by atoms with Crippen LogP contribution in [0.1, 0.15) is 6.92 Å². The molecule has 9 heavy (non-hydrogen) atoms. The Morgan fingerprint density at radius 3 is 3.00 bits per heavy atom. The molecule has 0 fully saturated rings. The van der Waals surface area contributed by atoms with Gasteiger partial charge in [-0.15, -0.1) is 0 Å². The van der Waals surface area contributed by atoms with Crippen LogP contribution in [0.3, 0.4) is 0 Å². The molecule has 1 unspecified atom stereocenters. The molecule has 0 radical (unpaired) electrons. The first-order valence-electron chi connectivity index (χ1n) is 2.84. The summed E-state index contributed by atoms with van der Waals surface area (Å²) in [5.74, 6) is -0.0359. The van der Waals surface area contributed by atoms with Gasteiger partial charge in [0.2, 0.25) is 0 Å². The maximum Gasteiger partial charge on any atom is 0.0860 e. The Hall–Kier alpha value is -1.23. The van der Waals surface area contributed by atoms with E-state index < -0.39 is 0 Å². The number of allylic oxidation sites excluding steroid dienone is 3. The number of rotatable bonds is 0. The Labute approximate surface area is 54.5 Å². The van der Waals surface area contributed by atoms with Crippen molar-refractivity contribution in [2.75, 3.05) is 0 Å². The van der Waals surface area contributed by atoms with Crippen molar-refractivity contribution in [2.24, 2.45) is 5.92 Å². The lowest BCUT2D eigenvalue weighted by Gasteiger charge is -2.07. The molecule has 2 nitrogen and oxygen atoms in total. The standard InChI is InChI=1S/C7H8N2/c1-6-4-7(5-8)2-3-9-6/h2-4,7,9H,1H3. The number of dihydropyridines is 1. The predicted octanol–water partition coefficient (Wildman–Crippen LogP) is 1.15. The Morgan fingerprint density at radius 1 is 1.78 bits per heavy atom. The first kappa shape index (κ1) is 5.90. The van der Waals surface area contributed by atoms with E-state index in [2.05, 4.69) is 11.4 Å². The maximum atomic E-state index is 8.44. The van der Waals surface area contributed by atoms with Crippen LogP contribution >= 0.6 is 0 Å². The van der Waals surface area contributed by atoms with Crippen LogP contribution in [0.25, 0.3) is 0 Å². The molecule has 0 saturated carbocycles. The van der Waals surface area contributed by atoms with Gasteiger partial charge in [0, 0.05) is 5.70 Å². The monoisotopic (exact) mass is 120 g/mol. The third-order valence-electron chi connectivity index (χ3n) is 1.19. The molecule has 0 aromatic rings. The summed E-state index contributed by atoms with van der Waals surface area (Å²) in [6, 6.07) is 2.13. The Morgan fingerprint density at radius 2 is 2.56 bits per heavy atom. The van der Waals surface area contributed by atoms with Gasteiger partial charge in [-0.05, 0) is 25.3 Å². The van der Waals surface area contributed by atoms with E-state index in [1.54, 1.807) is 6.20 Å². The van der Waals surface area contributed by atoms with Gasteiger partial charge in [-0.25, -0.2) is 0 Å². The molecule has 0 aliphatic carbocycles. The molecule has 0 aromatic heterocycles. The third-order valence-corrected chi connectivity index (χ3v) is 1.19. The minimum atomic E-state index is -0.0359. The van der Waals surface area contributed by atoms with Crippen LogP contribution in [0, 0.1) is 17.2 Å². The van der Waals surface area contributed by atoms with E-state index in [1.165, 1.54) is 0 Å². The highest BCUT2D eigenvalue weighted by molar-refractivity contribution is 5.19. The zero-order chi connectivity index (χ0) is 6.69. The molecule has 2 heteroatoms.